The first-order valence-electron chi connectivity index (χ1n) is 6.07. The average Bonchev–Trinajstić information content (AvgIpc) is 2.45. The van der Waals surface area contributed by atoms with Crippen molar-refractivity contribution in [3.63, 3.8) is 0 Å². The van der Waals surface area contributed by atoms with Crippen LogP contribution >= 0.6 is 0 Å². The van der Waals surface area contributed by atoms with E-state index in [-0.39, 0.29) is 5.56 Å². The molecule has 2 aromatic carbocycles. The molecule has 0 aliphatic heterocycles. The number of ether oxygens (including phenoxy) is 1. The Morgan fingerprint density at radius 1 is 0.857 bits per heavy atom. The topological polar surface area (TPSA) is 26.3 Å². The van der Waals surface area contributed by atoms with Gasteiger partial charge < -0.3 is 4.74 Å². The lowest BCUT2D eigenvalue weighted by Gasteiger charge is -2.06. The molecule has 0 heterocycles. The number of hydrogen-bond donors (Lipinski definition) is 0. The van der Waals surface area contributed by atoms with E-state index in [2.05, 4.69) is 4.74 Å². The molecule has 0 amide bonds. The Labute approximate surface area is 119 Å². The van der Waals surface area contributed by atoms with Crippen molar-refractivity contribution in [2.45, 2.75) is 6.36 Å². The monoisotopic (exact) mass is 292 g/mol. The zero-order valence-corrected chi connectivity index (χ0v) is 10.8. The molecule has 0 saturated carbocycles. The lowest BCUT2D eigenvalue weighted by molar-refractivity contribution is -0.291. The van der Waals surface area contributed by atoms with E-state index in [1.807, 2.05) is 36.4 Å². The normalized spacial score (nSPS) is 11.6. The van der Waals surface area contributed by atoms with Crippen molar-refractivity contribution in [1.29, 1.82) is 0 Å². The third-order valence-electron chi connectivity index (χ3n) is 2.62. The summed E-state index contributed by atoms with van der Waals surface area (Å²) in [6, 6.07) is 15.2. The second-order valence-corrected chi connectivity index (χ2v) is 4.20. The van der Waals surface area contributed by atoms with E-state index in [1.54, 1.807) is 18.2 Å². The molecule has 0 fully saturated rings. The quantitative estimate of drug-likeness (QED) is 0.613. The van der Waals surface area contributed by atoms with E-state index in [1.165, 1.54) is 12.1 Å². The summed E-state index contributed by atoms with van der Waals surface area (Å²) in [7, 11) is 0. The van der Waals surface area contributed by atoms with Gasteiger partial charge in [0.15, 0.2) is 0 Å². The maximum absolute atomic E-state index is 11.9. The summed E-state index contributed by atoms with van der Waals surface area (Å²) in [6.07, 6.45) is -1.31. The summed E-state index contributed by atoms with van der Waals surface area (Å²) in [5.74, 6) is -1.42. The maximum atomic E-state index is 11.9. The van der Waals surface area contributed by atoms with E-state index >= 15 is 0 Å². The number of carbonyl (C=O) groups excluding carboxylic acids is 1. The molecule has 0 aromatic heterocycles. The summed E-state index contributed by atoms with van der Waals surface area (Å²) >= 11 is 0. The van der Waals surface area contributed by atoms with Gasteiger partial charge in [-0.15, -0.1) is 13.2 Å². The highest BCUT2D eigenvalue weighted by Crippen LogP contribution is 2.19. The zero-order chi connectivity index (χ0) is 15.3. The van der Waals surface area contributed by atoms with Gasteiger partial charge >= 0.3 is 12.3 Å². The van der Waals surface area contributed by atoms with Crippen molar-refractivity contribution in [1.82, 2.24) is 0 Å². The average molecular weight is 292 g/mol. The number of hydrogen-bond acceptors (Lipinski definition) is 2. The number of halogens is 3. The lowest BCUT2D eigenvalue weighted by Crippen LogP contribution is -2.19. The molecule has 0 aliphatic rings. The first-order valence-corrected chi connectivity index (χ1v) is 6.07. The van der Waals surface area contributed by atoms with Crippen LogP contribution in [0.1, 0.15) is 21.5 Å². The molecule has 0 saturated heterocycles. The fraction of sp³-hybridized carbons (Fsp3) is 0.0625. The van der Waals surface area contributed by atoms with Crippen LogP contribution in [-0.4, -0.2) is 12.3 Å². The molecule has 2 aromatic rings. The molecule has 0 N–H and O–H groups in total. The molecule has 108 valence electrons. The van der Waals surface area contributed by atoms with E-state index in [4.69, 9.17) is 0 Å². The van der Waals surface area contributed by atoms with Gasteiger partial charge in [-0.25, -0.2) is 4.79 Å². The van der Waals surface area contributed by atoms with Gasteiger partial charge in [0, 0.05) is 0 Å². The molecule has 0 radical (unpaired) electrons. The molecule has 0 spiro atoms. The second-order valence-electron chi connectivity index (χ2n) is 4.20. The fourth-order valence-electron chi connectivity index (χ4n) is 1.65. The van der Waals surface area contributed by atoms with Gasteiger partial charge in [0.1, 0.15) is 0 Å². The number of carbonyl (C=O) groups is 1. The molecule has 0 aliphatic carbocycles. The van der Waals surface area contributed by atoms with Crippen molar-refractivity contribution < 1.29 is 22.7 Å². The van der Waals surface area contributed by atoms with Crippen LogP contribution in [0.25, 0.3) is 12.2 Å². The van der Waals surface area contributed by atoms with Crippen LogP contribution < -0.4 is 0 Å². The Morgan fingerprint density at radius 2 is 1.38 bits per heavy atom. The lowest BCUT2D eigenvalue weighted by atomic mass is 10.1. The van der Waals surface area contributed by atoms with Crippen LogP contribution in [0.5, 0.6) is 0 Å². The Morgan fingerprint density at radius 3 is 1.90 bits per heavy atom. The molecule has 2 nitrogen and oxygen atoms in total. The fourth-order valence-corrected chi connectivity index (χ4v) is 1.65. The molecule has 21 heavy (non-hydrogen) atoms. The summed E-state index contributed by atoms with van der Waals surface area (Å²) in [4.78, 5) is 11.2. The Hall–Kier alpha value is -2.56. The van der Waals surface area contributed by atoms with Crippen molar-refractivity contribution in [2.24, 2.45) is 0 Å². The van der Waals surface area contributed by atoms with Crippen molar-refractivity contribution >= 4 is 18.1 Å². The molecule has 5 heteroatoms. The summed E-state index contributed by atoms with van der Waals surface area (Å²) in [5.41, 5.74) is 1.62. The molecule has 0 unspecified atom stereocenters. The zero-order valence-electron chi connectivity index (χ0n) is 10.8. The minimum Gasteiger partial charge on any atom is -0.369 e. The Balaban J connectivity index is 2.06. The van der Waals surface area contributed by atoms with E-state index < -0.39 is 12.3 Å². The Bertz CT molecular complexity index is 629. The third-order valence-corrected chi connectivity index (χ3v) is 2.62. The van der Waals surface area contributed by atoms with Gasteiger partial charge in [0.05, 0.1) is 5.56 Å². The van der Waals surface area contributed by atoms with E-state index in [9.17, 15) is 18.0 Å². The van der Waals surface area contributed by atoms with Crippen LogP contribution in [0.4, 0.5) is 13.2 Å². The highest BCUT2D eigenvalue weighted by atomic mass is 19.4. The predicted molar refractivity (Wildman–Crippen MR) is 73.3 cm³/mol. The van der Waals surface area contributed by atoms with Gasteiger partial charge in [0.25, 0.3) is 0 Å². The molecule has 2 rings (SSSR count). The maximum Gasteiger partial charge on any atom is 0.575 e. The van der Waals surface area contributed by atoms with E-state index in [0.29, 0.717) is 0 Å². The minimum absolute atomic E-state index is 0.149. The minimum atomic E-state index is -4.97. The van der Waals surface area contributed by atoms with E-state index in [0.717, 1.165) is 11.1 Å². The van der Waals surface area contributed by atoms with Gasteiger partial charge in [-0.1, -0.05) is 54.6 Å². The van der Waals surface area contributed by atoms with Crippen LogP contribution in [0, 0.1) is 0 Å². The van der Waals surface area contributed by atoms with Crippen molar-refractivity contribution in [3.8, 4) is 0 Å². The highest BCUT2D eigenvalue weighted by Gasteiger charge is 2.34. The largest absolute Gasteiger partial charge is 0.575 e. The van der Waals surface area contributed by atoms with Crippen LogP contribution in [0.15, 0.2) is 54.6 Å². The van der Waals surface area contributed by atoms with Gasteiger partial charge in [-0.05, 0) is 23.3 Å². The summed E-state index contributed by atoms with van der Waals surface area (Å²) < 4.78 is 39.1. The van der Waals surface area contributed by atoms with Crippen LogP contribution in [0.2, 0.25) is 0 Å². The molecular formula is C16H11F3O2. The summed E-state index contributed by atoms with van der Waals surface area (Å²) in [5, 5.41) is 0. The number of benzene rings is 2. The molecule has 0 atom stereocenters. The number of rotatable bonds is 3. The van der Waals surface area contributed by atoms with Crippen molar-refractivity contribution in [3.05, 3.63) is 71.3 Å². The number of esters is 1. The Kier molecular flexibility index (Phi) is 4.42. The second kappa shape index (κ2) is 6.26. The van der Waals surface area contributed by atoms with Gasteiger partial charge in [-0.3, -0.25) is 0 Å². The number of alkyl halides is 3. The molecular weight excluding hydrogens is 281 g/mol. The van der Waals surface area contributed by atoms with Crippen LogP contribution in [0.3, 0.4) is 0 Å². The van der Waals surface area contributed by atoms with Gasteiger partial charge in [0.2, 0.25) is 0 Å². The standard InChI is InChI=1S/C16H11F3O2/c17-16(18,19)21-15(20)14-10-8-13(9-11-14)7-6-12-4-2-1-3-5-12/h1-11H. The molecule has 0 bridgehead atoms. The SMILES string of the molecule is O=C(OC(F)(F)F)c1ccc(C=Cc2ccccc2)cc1. The van der Waals surface area contributed by atoms with Crippen LogP contribution in [-0.2, 0) is 4.74 Å². The predicted octanol–water partition coefficient (Wildman–Crippen LogP) is 4.53. The first kappa shape index (κ1) is 14.8. The highest BCUT2D eigenvalue weighted by molar-refractivity contribution is 5.89. The summed E-state index contributed by atoms with van der Waals surface area (Å²) in [6.45, 7) is 0. The first-order chi connectivity index (χ1) is 9.94. The van der Waals surface area contributed by atoms with Gasteiger partial charge in [-0.2, -0.15) is 0 Å². The van der Waals surface area contributed by atoms with Crippen molar-refractivity contribution in [2.75, 3.05) is 0 Å². The smallest absolute Gasteiger partial charge is 0.369 e. The third kappa shape index (κ3) is 4.80.